The minimum atomic E-state index is -0.986. The van der Waals surface area contributed by atoms with Crippen molar-refractivity contribution in [3.63, 3.8) is 0 Å². The zero-order valence-corrected chi connectivity index (χ0v) is 13.5. The molecule has 0 aliphatic rings. The van der Waals surface area contributed by atoms with E-state index in [1.165, 1.54) is 24.4 Å². The summed E-state index contributed by atoms with van der Waals surface area (Å²) in [5.41, 5.74) is 2.47. The largest absolute Gasteiger partial charge is 0.480 e. The van der Waals surface area contributed by atoms with E-state index in [0.29, 0.717) is 12.8 Å². The predicted molar refractivity (Wildman–Crippen MR) is 83.3 cm³/mol. The Kier molecular flexibility index (Phi) is 5.53. The topological polar surface area (TPSA) is 57.6 Å². The number of likely N-dealkylation sites (N-methyl/N-ethyl adjacent to an activating group) is 1. The van der Waals surface area contributed by atoms with Gasteiger partial charge < -0.3 is 10.0 Å². The summed E-state index contributed by atoms with van der Waals surface area (Å²) in [6.07, 6.45) is 0.947. The van der Waals surface area contributed by atoms with Crippen LogP contribution >= 0.6 is 0 Å². The van der Waals surface area contributed by atoms with Gasteiger partial charge in [-0.25, -0.2) is 4.79 Å². The molecule has 1 N–H and O–H groups in total. The normalized spacial score (nSPS) is 12.8. The second-order valence-corrected chi connectivity index (χ2v) is 6.47. The Morgan fingerprint density at radius 1 is 1.19 bits per heavy atom. The maximum absolute atomic E-state index is 12.0. The van der Waals surface area contributed by atoms with E-state index >= 15 is 0 Å². The van der Waals surface area contributed by atoms with Gasteiger partial charge in [0.15, 0.2) is 0 Å². The second-order valence-electron chi connectivity index (χ2n) is 6.47. The van der Waals surface area contributed by atoms with Gasteiger partial charge in [-0.15, -0.1) is 0 Å². The zero-order chi connectivity index (χ0) is 16.2. The average Bonchev–Trinajstić information content (AvgIpc) is 2.42. The van der Waals surface area contributed by atoms with Crippen molar-refractivity contribution in [2.75, 3.05) is 7.05 Å². The molecule has 116 valence electrons. The first kappa shape index (κ1) is 17.2. The van der Waals surface area contributed by atoms with Gasteiger partial charge in [0.25, 0.3) is 0 Å². The number of aryl methyl sites for hydroxylation is 1. The molecule has 0 aliphatic heterocycles. The van der Waals surface area contributed by atoms with Gasteiger partial charge in [0.2, 0.25) is 5.91 Å². The van der Waals surface area contributed by atoms with Crippen molar-refractivity contribution >= 4 is 11.9 Å². The number of carbonyl (C=O) groups excluding carboxylic acids is 1. The lowest BCUT2D eigenvalue weighted by atomic mass is 9.86. The van der Waals surface area contributed by atoms with Gasteiger partial charge in [-0.1, -0.05) is 45.0 Å². The summed E-state index contributed by atoms with van der Waals surface area (Å²) in [5, 5.41) is 8.90. The highest BCUT2D eigenvalue weighted by Gasteiger charge is 2.21. The summed E-state index contributed by atoms with van der Waals surface area (Å²) in [7, 11) is 1.53. The van der Waals surface area contributed by atoms with Crippen molar-refractivity contribution in [2.24, 2.45) is 0 Å². The quantitative estimate of drug-likeness (QED) is 0.907. The fourth-order valence-electron chi connectivity index (χ4n) is 1.98. The van der Waals surface area contributed by atoms with Crippen molar-refractivity contribution in [3.05, 3.63) is 35.4 Å². The minimum absolute atomic E-state index is 0.117. The van der Waals surface area contributed by atoms with E-state index in [0.717, 1.165) is 5.56 Å². The molecule has 0 saturated carbocycles. The van der Waals surface area contributed by atoms with Gasteiger partial charge in [-0.3, -0.25) is 4.79 Å². The molecule has 0 radical (unpaired) electrons. The van der Waals surface area contributed by atoms with Crippen LogP contribution in [0.15, 0.2) is 24.3 Å². The van der Waals surface area contributed by atoms with Crippen LogP contribution in [0.25, 0.3) is 0 Å². The highest BCUT2D eigenvalue weighted by atomic mass is 16.4. The van der Waals surface area contributed by atoms with E-state index in [2.05, 4.69) is 32.9 Å². The third-order valence-corrected chi connectivity index (χ3v) is 3.78. The first-order valence-corrected chi connectivity index (χ1v) is 7.21. The highest BCUT2D eigenvalue weighted by molar-refractivity contribution is 5.83. The van der Waals surface area contributed by atoms with Gasteiger partial charge in [-0.05, 0) is 29.9 Å². The van der Waals surface area contributed by atoms with Crippen LogP contribution in [0, 0.1) is 0 Å². The molecule has 0 heterocycles. The first-order chi connectivity index (χ1) is 9.62. The fourth-order valence-corrected chi connectivity index (χ4v) is 1.98. The molecule has 4 nitrogen and oxygen atoms in total. The van der Waals surface area contributed by atoms with Crippen LogP contribution in [0.1, 0.15) is 45.2 Å². The molecule has 1 unspecified atom stereocenters. The van der Waals surface area contributed by atoms with E-state index in [1.54, 1.807) is 0 Å². The van der Waals surface area contributed by atoms with Crippen LogP contribution in [-0.2, 0) is 21.4 Å². The van der Waals surface area contributed by atoms with Gasteiger partial charge in [0, 0.05) is 13.5 Å². The summed E-state index contributed by atoms with van der Waals surface area (Å²) >= 11 is 0. The molecule has 1 aromatic carbocycles. The number of amides is 1. The molecule has 0 bridgehead atoms. The lowest BCUT2D eigenvalue weighted by molar-refractivity contribution is -0.148. The molecule has 0 fully saturated rings. The van der Waals surface area contributed by atoms with Crippen molar-refractivity contribution in [1.82, 2.24) is 4.90 Å². The van der Waals surface area contributed by atoms with Crippen LogP contribution in [0.2, 0.25) is 0 Å². The minimum Gasteiger partial charge on any atom is -0.480 e. The zero-order valence-electron chi connectivity index (χ0n) is 13.5. The number of hydrogen-bond acceptors (Lipinski definition) is 2. The second kappa shape index (κ2) is 6.74. The van der Waals surface area contributed by atoms with Crippen molar-refractivity contribution in [3.8, 4) is 0 Å². The monoisotopic (exact) mass is 291 g/mol. The smallest absolute Gasteiger partial charge is 0.326 e. The van der Waals surface area contributed by atoms with Gasteiger partial charge in [0.05, 0.1) is 0 Å². The van der Waals surface area contributed by atoms with Crippen molar-refractivity contribution in [2.45, 2.75) is 52.0 Å². The SMILES string of the molecule is CC(C(=O)O)N(C)C(=O)CCc1ccc(C(C)(C)C)cc1. The Balaban J connectivity index is 2.59. The average molecular weight is 291 g/mol. The van der Waals surface area contributed by atoms with E-state index in [-0.39, 0.29) is 11.3 Å². The van der Waals surface area contributed by atoms with Crippen LogP contribution in [-0.4, -0.2) is 35.0 Å². The molecule has 1 amide bonds. The maximum Gasteiger partial charge on any atom is 0.326 e. The number of hydrogen-bond donors (Lipinski definition) is 1. The summed E-state index contributed by atoms with van der Waals surface area (Å²) in [6, 6.07) is 7.45. The highest BCUT2D eigenvalue weighted by Crippen LogP contribution is 2.22. The van der Waals surface area contributed by atoms with Crippen LogP contribution in [0.5, 0.6) is 0 Å². The number of carboxylic acid groups (broad SMARTS) is 1. The van der Waals surface area contributed by atoms with Crippen LogP contribution in [0.4, 0.5) is 0 Å². The Hall–Kier alpha value is -1.84. The number of carboxylic acids is 1. The number of aliphatic carboxylic acids is 1. The first-order valence-electron chi connectivity index (χ1n) is 7.21. The summed E-state index contributed by atoms with van der Waals surface area (Å²) in [5.74, 6) is -1.13. The van der Waals surface area contributed by atoms with Gasteiger partial charge >= 0.3 is 5.97 Å². The fraction of sp³-hybridized carbons (Fsp3) is 0.529. The Bertz CT molecular complexity index is 500. The van der Waals surface area contributed by atoms with Crippen LogP contribution in [0.3, 0.4) is 0 Å². The van der Waals surface area contributed by atoms with Crippen molar-refractivity contribution < 1.29 is 14.7 Å². The van der Waals surface area contributed by atoms with Crippen LogP contribution < -0.4 is 0 Å². The van der Waals surface area contributed by atoms with E-state index in [9.17, 15) is 9.59 Å². The van der Waals surface area contributed by atoms with Gasteiger partial charge in [-0.2, -0.15) is 0 Å². The number of carbonyl (C=O) groups is 2. The summed E-state index contributed by atoms with van der Waals surface area (Å²) in [6.45, 7) is 7.99. The Morgan fingerprint density at radius 2 is 1.71 bits per heavy atom. The molecule has 1 aromatic rings. The predicted octanol–water partition coefficient (Wildman–Crippen LogP) is 2.85. The number of rotatable bonds is 5. The summed E-state index contributed by atoms with van der Waals surface area (Å²) < 4.78 is 0. The third kappa shape index (κ3) is 4.88. The van der Waals surface area contributed by atoms with E-state index in [1.807, 2.05) is 12.1 Å². The molecule has 1 rings (SSSR count). The molecule has 4 heteroatoms. The van der Waals surface area contributed by atoms with Gasteiger partial charge in [0.1, 0.15) is 6.04 Å². The molecular weight excluding hydrogens is 266 g/mol. The number of nitrogens with zero attached hydrogens (tertiary/aromatic N) is 1. The van der Waals surface area contributed by atoms with Crippen molar-refractivity contribution in [1.29, 1.82) is 0 Å². The molecule has 0 aromatic heterocycles. The molecule has 1 atom stereocenters. The molecule has 0 saturated heterocycles. The van der Waals surface area contributed by atoms with E-state index < -0.39 is 12.0 Å². The summed E-state index contributed by atoms with van der Waals surface area (Å²) in [4.78, 5) is 24.1. The molecule has 0 spiro atoms. The Labute approximate surface area is 126 Å². The third-order valence-electron chi connectivity index (χ3n) is 3.78. The lowest BCUT2D eigenvalue weighted by Crippen LogP contribution is -2.40. The molecule has 21 heavy (non-hydrogen) atoms. The molecular formula is C17H25NO3. The Morgan fingerprint density at radius 3 is 2.14 bits per heavy atom. The number of benzene rings is 1. The standard InChI is InChI=1S/C17H25NO3/c1-12(16(20)21)18(5)15(19)11-8-13-6-9-14(10-7-13)17(2,3)4/h6-7,9-10,12H,8,11H2,1-5H3,(H,20,21). The lowest BCUT2D eigenvalue weighted by Gasteiger charge is -2.21. The molecule has 0 aliphatic carbocycles. The van der Waals surface area contributed by atoms with E-state index in [4.69, 9.17) is 5.11 Å². The maximum atomic E-state index is 12.0.